The molecule has 2 heterocycles. The third kappa shape index (κ3) is 4.69. The van der Waals surface area contributed by atoms with Crippen molar-refractivity contribution in [2.45, 2.75) is 6.61 Å². The van der Waals surface area contributed by atoms with Gasteiger partial charge in [0.15, 0.2) is 5.76 Å². The van der Waals surface area contributed by atoms with Crippen molar-refractivity contribution in [3.05, 3.63) is 81.0 Å². The van der Waals surface area contributed by atoms with Gasteiger partial charge >= 0.3 is 5.97 Å². The number of carbonyl (C=O) groups excluding carboxylic acids is 2. The molecule has 0 radical (unpaired) electrons. The second kappa shape index (κ2) is 9.01. The van der Waals surface area contributed by atoms with Crippen LogP contribution >= 0.6 is 34.5 Å². The van der Waals surface area contributed by atoms with Gasteiger partial charge in [-0.15, -0.1) is 11.3 Å². The average molecular weight is 476 g/mol. The molecule has 4 aromatic rings. The van der Waals surface area contributed by atoms with Crippen molar-refractivity contribution in [2.24, 2.45) is 0 Å². The molecular formula is C22H15Cl2NO5S. The molecule has 9 heteroatoms. The molecule has 0 aliphatic heterocycles. The summed E-state index contributed by atoms with van der Waals surface area (Å²) < 4.78 is 16.7. The van der Waals surface area contributed by atoms with Crippen LogP contribution in [-0.4, -0.2) is 19.0 Å². The fourth-order valence-electron chi connectivity index (χ4n) is 2.82. The van der Waals surface area contributed by atoms with Gasteiger partial charge < -0.3 is 19.2 Å². The molecule has 31 heavy (non-hydrogen) atoms. The Morgan fingerprint density at radius 1 is 1.06 bits per heavy atom. The van der Waals surface area contributed by atoms with Crippen LogP contribution in [0.2, 0.25) is 10.0 Å². The zero-order valence-electron chi connectivity index (χ0n) is 16.1. The van der Waals surface area contributed by atoms with Gasteiger partial charge in [-0.2, -0.15) is 0 Å². The van der Waals surface area contributed by atoms with Gasteiger partial charge in [0.1, 0.15) is 23.0 Å². The first-order valence-corrected chi connectivity index (χ1v) is 10.6. The Morgan fingerprint density at radius 3 is 2.58 bits per heavy atom. The molecule has 0 saturated carbocycles. The second-order valence-corrected chi connectivity index (χ2v) is 8.28. The van der Waals surface area contributed by atoms with Crippen LogP contribution in [0, 0.1) is 0 Å². The summed E-state index contributed by atoms with van der Waals surface area (Å²) >= 11 is 13.3. The Morgan fingerprint density at radius 2 is 1.84 bits per heavy atom. The number of furan rings is 1. The maximum Gasteiger partial charge on any atom is 0.349 e. The Balaban J connectivity index is 1.44. The molecule has 2 aromatic carbocycles. The highest BCUT2D eigenvalue weighted by molar-refractivity contribution is 7.21. The minimum absolute atomic E-state index is 0.147. The molecule has 4 rings (SSSR count). The molecule has 158 valence electrons. The number of benzene rings is 2. The van der Waals surface area contributed by atoms with Crippen LogP contribution in [0.15, 0.2) is 59.0 Å². The van der Waals surface area contributed by atoms with Gasteiger partial charge in [-0.05, 0) is 54.6 Å². The van der Waals surface area contributed by atoms with Crippen LogP contribution in [0.4, 0.5) is 5.69 Å². The smallest absolute Gasteiger partial charge is 0.349 e. The monoisotopic (exact) mass is 475 g/mol. The quantitative estimate of drug-likeness (QED) is 0.325. The summed E-state index contributed by atoms with van der Waals surface area (Å²) in [7, 11) is 1.30. The van der Waals surface area contributed by atoms with Gasteiger partial charge in [-0.3, -0.25) is 4.79 Å². The second-order valence-electron chi connectivity index (χ2n) is 6.41. The molecule has 6 nitrogen and oxygen atoms in total. The van der Waals surface area contributed by atoms with Crippen molar-refractivity contribution >= 4 is 62.2 Å². The maximum absolute atomic E-state index is 12.5. The van der Waals surface area contributed by atoms with Crippen molar-refractivity contribution in [1.82, 2.24) is 0 Å². The summed E-state index contributed by atoms with van der Waals surface area (Å²) in [5.41, 5.74) is 0.544. The van der Waals surface area contributed by atoms with Crippen LogP contribution in [0.5, 0.6) is 5.75 Å². The predicted molar refractivity (Wildman–Crippen MR) is 121 cm³/mol. The van der Waals surface area contributed by atoms with Crippen molar-refractivity contribution < 1.29 is 23.5 Å². The van der Waals surface area contributed by atoms with Gasteiger partial charge in [-0.25, -0.2) is 4.79 Å². The Hall–Kier alpha value is -3.00. The van der Waals surface area contributed by atoms with Crippen molar-refractivity contribution in [3.8, 4) is 5.75 Å². The third-order valence-electron chi connectivity index (χ3n) is 4.34. The van der Waals surface area contributed by atoms with E-state index in [9.17, 15) is 9.59 Å². The summed E-state index contributed by atoms with van der Waals surface area (Å²) in [5, 5.41) is 4.44. The lowest BCUT2D eigenvalue weighted by Gasteiger charge is -2.05. The summed E-state index contributed by atoms with van der Waals surface area (Å²) in [6, 6.07) is 15.4. The number of carbonyl (C=O) groups is 2. The van der Waals surface area contributed by atoms with Crippen molar-refractivity contribution in [3.63, 3.8) is 0 Å². The predicted octanol–water partition coefficient (Wildman–Crippen LogP) is 6.42. The largest absolute Gasteiger partial charge is 0.486 e. The summed E-state index contributed by atoms with van der Waals surface area (Å²) in [4.78, 5) is 24.7. The van der Waals surface area contributed by atoms with Crippen LogP contribution in [0.25, 0.3) is 10.1 Å². The van der Waals surface area contributed by atoms with Gasteiger partial charge in [0.05, 0.1) is 12.1 Å². The number of anilines is 1. The molecule has 0 spiro atoms. The molecule has 0 bridgehead atoms. The van der Waals surface area contributed by atoms with E-state index >= 15 is 0 Å². The first-order chi connectivity index (χ1) is 14.9. The summed E-state index contributed by atoms with van der Waals surface area (Å²) in [6.07, 6.45) is 0. The number of ether oxygens (including phenoxy) is 2. The highest BCUT2D eigenvalue weighted by Crippen LogP contribution is 2.37. The first-order valence-electron chi connectivity index (χ1n) is 9.03. The van der Waals surface area contributed by atoms with E-state index in [1.54, 1.807) is 54.6 Å². The lowest BCUT2D eigenvalue weighted by molar-refractivity contribution is 0.0606. The van der Waals surface area contributed by atoms with E-state index in [1.165, 1.54) is 18.4 Å². The lowest BCUT2D eigenvalue weighted by atomic mass is 10.2. The number of nitrogens with one attached hydrogen (secondary N) is 1. The third-order valence-corrected chi connectivity index (χ3v) is 6.23. The molecule has 0 aliphatic rings. The molecule has 0 aliphatic carbocycles. The first kappa shape index (κ1) is 21.2. The van der Waals surface area contributed by atoms with E-state index in [0.717, 1.165) is 4.70 Å². The fraction of sp³-hybridized carbons (Fsp3) is 0.0909. The zero-order valence-corrected chi connectivity index (χ0v) is 18.4. The van der Waals surface area contributed by atoms with Crippen LogP contribution in [0.3, 0.4) is 0 Å². The Kier molecular flexibility index (Phi) is 6.18. The molecular weight excluding hydrogens is 461 g/mol. The van der Waals surface area contributed by atoms with E-state index in [1.807, 2.05) is 0 Å². The van der Waals surface area contributed by atoms with Crippen molar-refractivity contribution in [2.75, 3.05) is 12.4 Å². The van der Waals surface area contributed by atoms with E-state index in [0.29, 0.717) is 37.5 Å². The molecule has 0 atom stereocenters. The van der Waals surface area contributed by atoms with Gasteiger partial charge in [-0.1, -0.05) is 23.2 Å². The van der Waals surface area contributed by atoms with E-state index in [2.05, 4.69) is 5.32 Å². The minimum Gasteiger partial charge on any atom is -0.486 e. The number of halogens is 2. The topological polar surface area (TPSA) is 77.8 Å². The minimum atomic E-state index is -0.499. The average Bonchev–Trinajstić information content (AvgIpc) is 3.37. The Bertz CT molecular complexity index is 1260. The molecule has 2 aromatic heterocycles. The normalized spacial score (nSPS) is 10.8. The lowest BCUT2D eigenvalue weighted by Crippen LogP contribution is -2.10. The number of fused-ring (bicyclic) bond motifs is 1. The molecule has 0 unspecified atom stereocenters. The highest BCUT2D eigenvalue weighted by Gasteiger charge is 2.18. The molecule has 0 fully saturated rings. The maximum atomic E-state index is 12.5. The molecule has 0 saturated heterocycles. The SMILES string of the molecule is COC(=O)c1sc2cc(NC(=O)c3ccc(COc4ccc(Cl)cc4)o3)ccc2c1Cl. The standard InChI is InChI=1S/C22H15Cl2NO5S/c1-28-22(27)20-19(24)16-8-4-13(10-18(16)31-20)25-21(26)17-9-7-15(30-17)11-29-14-5-2-12(23)3-6-14/h2-10H,11H2,1H3,(H,25,26). The van der Waals surface area contributed by atoms with E-state index < -0.39 is 11.9 Å². The summed E-state index contributed by atoms with van der Waals surface area (Å²) in [5.74, 6) is 0.382. The van der Waals surface area contributed by atoms with Crippen molar-refractivity contribution in [1.29, 1.82) is 0 Å². The number of hydrogen-bond acceptors (Lipinski definition) is 6. The van der Waals surface area contributed by atoms with Crippen LogP contribution in [-0.2, 0) is 11.3 Å². The van der Waals surface area contributed by atoms with Gasteiger partial charge in [0.25, 0.3) is 5.91 Å². The number of rotatable bonds is 6. The molecule has 1 amide bonds. The van der Waals surface area contributed by atoms with Crippen LogP contribution in [0.1, 0.15) is 26.0 Å². The Labute approximate surface area is 191 Å². The summed E-state index contributed by atoms with van der Waals surface area (Å²) in [6.45, 7) is 0.171. The number of thiophene rings is 1. The van der Waals surface area contributed by atoms with Crippen LogP contribution < -0.4 is 10.1 Å². The molecule has 1 N–H and O–H groups in total. The zero-order chi connectivity index (χ0) is 22.0. The number of amides is 1. The number of esters is 1. The number of methoxy groups -OCH3 is 1. The van der Waals surface area contributed by atoms with E-state index in [4.69, 9.17) is 37.1 Å². The van der Waals surface area contributed by atoms with E-state index in [-0.39, 0.29) is 12.4 Å². The fourth-order valence-corrected chi connectivity index (χ4v) is 4.41. The highest BCUT2D eigenvalue weighted by atomic mass is 35.5. The number of hydrogen-bond donors (Lipinski definition) is 1. The van der Waals surface area contributed by atoms with Gasteiger partial charge in [0, 0.05) is 20.8 Å². The van der Waals surface area contributed by atoms with Gasteiger partial charge in [0.2, 0.25) is 0 Å².